The van der Waals surface area contributed by atoms with Crippen LogP contribution in [0.3, 0.4) is 0 Å². The zero-order chi connectivity index (χ0) is 18.2. The van der Waals surface area contributed by atoms with Crippen LogP contribution in [0.5, 0.6) is 0 Å². The molecule has 1 N–H and O–H groups in total. The molecule has 0 radical (unpaired) electrons. The van der Waals surface area contributed by atoms with Gasteiger partial charge in [-0.05, 0) is 25.0 Å². The van der Waals surface area contributed by atoms with Crippen molar-refractivity contribution in [1.29, 1.82) is 0 Å². The Morgan fingerprint density at radius 1 is 1.00 bits per heavy atom. The van der Waals surface area contributed by atoms with Crippen LogP contribution < -0.4 is 5.32 Å². The highest BCUT2D eigenvalue weighted by Gasteiger charge is 2.17. The summed E-state index contributed by atoms with van der Waals surface area (Å²) in [5.41, 5.74) is 2.98. The molecule has 1 aromatic heterocycles. The van der Waals surface area contributed by atoms with Crippen molar-refractivity contribution in [2.24, 2.45) is 0 Å². The molecule has 3 aromatic rings. The van der Waals surface area contributed by atoms with E-state index in [2.05, 4.69) is 28.6 Å². The number of nitrogens with one attached hydrogen (secondary N) is 1. The van der Waals surface area contributed by atoms with Gasteiger partial charge < -0.3 is 5.32 Å². The molecule has 0 aliphatic carbocycles. The lowest BCUT2D eigenvalue weighted by atomic mass is 10.1. The second kappa shape index (κ2) is 9.43. The molecule has 136 valence electrons. The monoisotopic (exact) mass is 366 g/mol. The number of hydrogen-bond donors (Lipinski definition) is 1. The lowest BCUT2D eigenvalue weighted by Gasteiger charge is -2.21. The maximum atomic E-state index is 5.64. The van der Waals surface area contributed by atoms with Gasteiger partial charge >= 0.3 is 0 Å². The smallest absolute Gasteiger partial charge is 0.123 e. The number of fused-ring (bicyclic) bond motifs is 1. The quantitative estimate of drug-likeness (QED) is 0.414. The van der Waals surface area contributed by atoms with Crippen LogP contribution in [0.1, 0.15) is 57.2 Å². The van der Waals surface area contributed by atoms with E-state index in [1.54, 1.807) is 0 Å². The fourth-order valence-electron chi connectivity index (χ4n) is 3.14. The van der Waals surface area contributed by atoms with Gasteiger partial charge in [0.05, 0.1) is 5.52 Å². The minimum Gasteiger partial charge on any atom is -0.354 e. The van der Waals surface area contributed by atoms with E-state index in [9.17, 15) is 0 Å². The number of nitrogens with zero attached hydrogens (tertiary/aromatic N) is 3. The highest BCUT2D eigenvalue weighted by atomic mass is 32.1. The zero-order valence-corrected chi connectivity index (χ0v) is 16.1. The van der Waals surface area contributed by atoms with Crippen LogP contribution in [0.4, 0.5) is 0 Å². The van der Waals surface area contributed by atoms with Crippen LogP contribution in [-0.4, -0.2) is 20.0 Å². The molecule has 1 heterocycles. The summed E-state index contributed by atoms with van der Waals surface area (Å²) in [6, 6.07) is 18.2. The van der Waals surface area contributed by atoms with Crippen LogP contribution in [0, 0.1) is 0 Å². The number of benzene rings is 2. The highest BCUT2D eigenvalue weighted by Crippen LogP contribution is 2.20. The Labute approximate surface area is 160 Å². The molecule has 4 nitrogen and oxygen atoms in total. The summed E-state index contributed by atoms with van der Waals surface area (Å²) >= 11 is 5.64. The largest absolute Gasteiger partial charge is 0.354 e. The fraction of sp³-hybridized carbons (Fsp3) is 0.381. The standard InChI is InChI=1S/C21H26N4S/c1-2-3-4-5-9-16-20(22-21(26)17-12-7-6-8-13-17)25-19-15-11-10-14-18(19)23-24-25/h6-8,10-15,20H,2-5,9,16H2,1H3,(H,22,26). The molecule has 1 atom stereocenters. The van der Waals surface area contributed by atoms with E-state index in [1.165, 1.54) is 25.7 Å². The van der Waals surface area contributed by atoms with Crippen LogP contribution >= 0.6 is 12.2 Å². The molecule has 0 fully saturated rings. The predicted octanol–water partition coefficient (Wildman–Crippen LogP) is 5.26. The average molecular weight is 367 g/mol. The highest BCUT2D eigenvalue weighted by molar-refractivity contribution is 7.80. The minimum absolute atomic E-state index is 0.0109. The van der Waals surface area contributed by atoms with Crippen molar-refractivity contribution in [2.45, 2.75) is 51.6 Å². The molecule has 0 saturated carbocycles. The molecule has 5 heteroatoms. The van der Waals surface area contributed by atoms with Gasteiger partial charge in [-0.1, -0.05) is 92.5 Å². The van der Waals surface area contributed by atoms with Gasteiger partial charge in [-0.25, -0.2) is 4.68 Å². The van der Waals surface area contributed by atoms with E-state index < -0.39 is 0 Å². The van der Waals surface area contributed by atoms with Gasteiger partial charge in [-0.2, -0.15) is 0 Å². The second-order valence-corrected chi connectivity index (χ2v) is 6.99. The molecule has 2 aromatic carbocycles. The van der Waals surface area contributed by atoms with Crippen molar-refractivity contribution in [3.63, 3.8) is 0 Å². The number of thiocarbonyl (C=S) groups is 1. The molecule has 0 amide bonds. The minimum atomic E-state index is 0.0109. The van der Waals surface area contributed by atoms with Gasteiger partial charge in [-0.3, -0.25) is 0 Å². The third-order valence-corrected chi connectivity index (χ3v) is 4.94. The Balaban J connectivity index is 1.76. The second-order valence-electron chi connectivity index (χ2n) is 6.58. The van der Waals surface area contributed by atoms with Crippen LogP contribution in [0.2, 0.25) is 0 Å². The van der Waals surface area contributed by atoms with E-state index >= 15 is 0 Å². The normalized spacial score (nSPS) is 12.2. The fourth-order valence-corrected chi connectivity index (χ4v) is 3.41. The van der Waals surface area contributed by atoms with E-state index in [0.29, 0.717) is 0 Å². The summed E-state index contributed by atoms with van der Waals surface area (Å²) in [6.45, 7) is 2.24. The van der Waals surface area contributed by atoms with E-state index in [-0.39, 0.29) is 6.17 Å². The molecule has 0 saturated heterocycles. The predicted molar refractivity (Wildman–Crippen MR) is 111 cm³/mol. The lowest BCUT2D eigenvalue weighted by molar-refractivity contribution is 0.385. The number of para-hydroxylation sites is 1. The molecular formula is C21H26N4S. The van der Waals surface area contributed by atoms with Crippen molar-refractivity contribution in [3.05, 3.63) is 60.2 Å². The van der Waals surface area contributed by atoms with Gasteiger partial charge in [0.15, 0.2) is 0 Å². The molecule has 0 aliphatic rings. The first-order valence-electron chi connectivity index (χ1n) is 9.45. The van der Waals surface area contributed by atoms with E-state index in [0.717, 1.165) is 34.4 Å². The van der Waals surface area contributed by atoms with Gasteiger partial charge in [-0.15, -0.1) is 5.10 Å². The Bertz CT molecular complexity index is 828. The zero-order valence-electron chi connectivity index (χ0n) is 15.3. The van der Waals surface area contributed by atoms with E-state index in [1.807, 2.05) is 53.2 Å². The van der Waals surface area contributed by atoms with E-state index in [4.69, 9.17) is 12.2 Å². The van der Waals surface area contributed by atoms with Crippen LogP contribution in [0.15, 0.2) is 54.6 Å². The van der Waals surface area contributed by atoms with Gasteiger partial charge in [0.2, 0.25) is 0 Å². The van der Waals surface area contributed by atoms with Crippen molar-refractivity contribution in [2.75, 3.05) is 0 Å². The molecule has 26 heavy (non-hydrogen) atoms. The number of unbranched alkanes of at least 4 members (excludes halogenated alkanes) is 4. The van der Waals surface area contributed by atoms with Crippen molar-refractivity contribution in [1.82, 2.24) is 20.3 Å². The molecular weight excluding hydrogens is 340 g/mol. The first kappa shape index (κ1) is 18.5. The van der Waals surface area contributed by atoms with Crippen molar-refractivity contribution < 1.29 is 0 Å². The molecule has 3 rings (SSSR count). The van der Waals surface area contributed by atoms with Gasteiger partial charge in [0.1, 0.15) is 16.7 Å². The summed E-state index contributed by atoms with van der Waals surface area (Å²) in [4.78, 5) is 0.753. The number of hydrogen-bond acceptors (Lipinski definition) is 3. The van der Waals surface area contributed by atoms with Gasteiger partial charge in [0, 0.05) is 5.56 Å². The third kappa shape index (κ3) is 4.67. The van der Waals surface area contributed by atoms with Gasteiger partial charge in [0.25, 0.3) is 0 Å². The maximum absolute atomic E-state index is 5.64. The Kier molecular flexibility index (Phi) is 6.72. The van der Waals surface area contributed by atoms with Crippen molar-refractivity contribution >= 4 is 28.2 Å². The SMILES string of the molecule is CCCCCCCC(NC(=S)c1ccccc1)n1nnc2ccccc21. The third-order valence-electron chi connectivity index (χ3n) is 4.59. The summed E-state index contributed by atoms with van der Waals surface area (Å²) < 4.78 is 1.98. The van der Waals surface area contributed by atoms with Crippen molar-refractivity contribution in [3.8, 4) is 0 Å². The molecule has 0 bridgehead atoms. The summed E-state index contributed by atoms with van der Waals surface area (Å²) in [5, 5.41) is 12.2. The topological polar surface area (TPSA) is 42.7 Å². The maximum Gasteiger partial charge on any atom is 0.123 e. The lowest BCUT2D eigenvalue weighted by Crippen LogP contribution is -2.32. The molecule has 1 unspecified atom stereocenters. The first-order chi connectivity index (χ1) is 12.8. The van der Waals surface area contributed by atoms with Crippen LogP contribution in [0.25, 0.3) is 11.0 Å². The summed E-state index contributed by atoms with van der Waals surface area (Å²) in [6.07, 6.45) is 7.20. The number of aromatic nitrogens is 3. The molecule has 0 aliphatic heterocycles. The Morgan fingerprint density at radius 3 is 2.54 bits per heavy atom. The average Bonchev–Trinajstić information content (AvgIpc) is 3.11. The summed E-state index contributed by atoms with van der Waals surface area (Å²) in [7, 11) is 0. The van der Waals surface area contributed by atoms with Crippen LogP contribution in [-0.2, 0) is 0 Å². The first-order valence-corrected chi connectivity index (χ1v) is 9.86. The Morgan fingerprint density at radius 2 is 1.73 bits per heavy atom. The summed E-state index contributed by atoms with van der Waals surface area (Å²) in [5.74, 6) is 0. The number of rotatable bonds is 9. The molecule has 0 spiro atoms. The Hall–Kier alpha value is -2.27.